The summed E-state index contributed by atoms with van der Waals surface area (Å²) in [5, 5.41) is 0. The molecule has 1 aliphatic rings. The van der Waals surface area contributed by atoms with Crippen molar-refractivity contribution >= 4 is 34.7 Å². The van der Waals surface area contributed by atoms with Gasteiger partial charge in [0.2, 0.25) is 0 Å². The summed E-state index contributed by atoms with van der Waals surface area (Å²) in [7, 11) is 0. The molecule has 0 unspecified atom stereocenters. The van der Waals surface area contributed by atoms with Gasteiger partial charge in [-0.05, 0) is 24.3 Å². The molecule has 0 spiro atoms. The van der Waals surface area contributed by atoms with Gasteiger partial charge in [-0.15, -0.1) is 11.6 Å². The Morgan fingerprint density at radius 1 is 1.44 bits per heavy atom. The van der Waals surface area contributed by atoms with Crippen LogP contribution in [0.4, 0.5) is 11.4 Å². The van der Waals surface area contributed by atoms with E-state index in [2.05, 4.69) is 4.99 Å². The van der Waals surface area contributed by atoms with E-state index in [1.165, 1.54) is 0 Å². The van der Waals surface area contributed by atoms with E-state index in [4.69, 9.17) is 22.1 Å². The molecule has 0 bridgehead atoms. The van der Waals surface area contributed by atoms with E-state index in [1.807, 2.05) is 12.1 Å². The minimum atomic E-state index is -0.0298. The van der Waals surface area contributed by atoms with Crippen molar-refractivity contribution in [2.45, 2.75) is 0 Å². The number of amides is 1. The van der Waals surface area contributed by atoms with Crippen molar-refractivity contribution in [1.29, 1.82) is 0 Å². The summed E-state index contributed by atoms with van der Waals surface area (Å²) >= 11 is 5.55. The molecule has 1 saturated heterocycles. The Labute approximate surface area is 110 Å². The Balaban J connectivity index is 2.14. The number of rotatable bonds is 3. The third-order valence-electron chi connectivity index (χ3n) is 2.56. The Kier molecular flexibility index (Phi) is 4.17. The number of hydrogen-bond acceptors (Lipinski definition) is 3. The van der Waals surface area contributed by atoms with Gasteiger partial charge in [-0.25, -0.2) is 4.99 Å². The highest BCUT2D eigenvalue weighted by atomic mass is 35.5. The number of amidine groups is 1. The van der Waals surface area contributed by atoms with Gasteiger partial charge in [0.05, 0.1) is 18.2 Å². The quantitative estimate of drug-likeness (QED) is 0.510. The SMILES string of the molecule is NC(CCl)=Nc1ccc(N2CCOCC2=O)cc1. The first-order chi connectivity index (χ1) is 8.70. The first kappa shape index (κ1) is 12.9. The molecular formula is C12H14ClN3O2. The summed E-state index contributed by atoms with van der Waals surface area (Å²) in [5.74, 6) is 0.536. The number of benzene rings is 1. The second kappa shape index (κ2) is 5.84. The van der Waals surface area contributed by atoms with Gasteiger partial charge in [-0.1, -0.05) is 0 Å². The van der Waals surface area contributed by atoms with Crippen molar-refractivity contribution in [3.8, 4) is 0 Å². The Morgan fingerprint density at radius 2 is 2.17 bits per heavy atom. The zero-order valence-electron chi connectivity index (χ0n) is 9.80. The second-order valence-corrected chi connectivity index (χ2v) is 4.12. The van der Waals surface area contributed by atoms with Crippen LogP contribution in [0.3, 0.4) is 0 Å². The van der Waals surface area contributed by atoms with Crippen molar-refractivity contribution in [2.75, 3.05) is 30.5 Å². The van der Waals surface area contributed by atoms with Crippen LogP contribution in [0.1, 0.15) is 0 Å². The Morgan fingerprint density at radius 3 is 2.78 bits per heavy atom. The molecule has 1 heterocycles. The minimum Gasteiger partial charge on any atom is -0.386 e. The van der Waals surface area contributed by atoms with Gasteiger partial charge >= 0.3 is 0 Å². The zero-order chi connectivity index (χ0) is 13.0. The highest BCUT2D eigenvalue weighted by Gasteiger charge is 2.19. The van der Waals surface area contributed by atoms with Gasteiger partial charge < -0.3 is 15.4 Å². The van der Waals surface area contributed by atoms with Crippen molar-refractivity contribution in [3.05, 3.63) is 24.3 Å². The molecular weight excluding hydrogens is 254 g/mol. The molecule has 0 saturated carbocycles. The van der Waals surface area contributed by atoms with Crippen LogP contribution in [0.2, 0.25) is 0 Å². The monoisotopic (exact) mass is 267 g/mol. The lowest BCUT2D eigenvalue weighted by molar-refractivity contribution is -0.125. The van der Waals surface area contributed by atoms with Crippen molar-refractivity contribution in [2.24, 2.45) is 10.7 Å². The van der Waals surface area contributed by atoms with Gasteiger partial charge in [0.15, 0.2) is 0 Å². The molecule has 1 fully saturated rings. The Hall–Kier alpha value is -1.59. The first-order valence-electron chi connectivity index (χ1n) is 5.58. The molecule has 5 nitrogen and oxygen atoms in total. The number of halogens is 1. The molecule has 0 aliphatic carbocycles. The molecule has 2 rings (SSSR count). The van der Waals surface area contributed by atoms with E-state index >= 15 is 0 Å². The van der Waals surface area contributed by atoms with Crippen LogP contribution in [0.15, 0.2) is 29.3 Å². The van der Waals surface area contributed by atoms with E-state index in [1.54, 1.807) is 17.0 Å². The fourth-order valence-electron chi connectivity index (χ4n) is 1.69. The number of carbonyl (C=O) groups is 1. The standard InChI is InChI=1S/C12H14ClN3O2/c13-7-11(14)15-9-1-3-10(4-2-9)16-5-6-18-8-12(16)17/h1-4H,5-8H2,(H2,14,15). The maximum Gasteiger partial charge on any atom is 0.253 e. The van der Waals surface area contributed by atoms with Crippen LogP contribution in [0.25, 0.3) is 0 Å². The summed E-state index contributed by atoms with van der Waals surface area (Å²) < 4.78 is 5.08. The summed E-state index contributed by atoms with van der Waals surface area (Å²) in [6.07, 6.45) is 0. The number of alkyl halides is 1. The molecule has 0 atom stereocenters. The maximum absolute atomic E-state index is 11.6. The van der Waals surface area contributed by atoms with Crippen LogP contribution in [0, 0.1) is 0 Å². The predicted octanol–water partition coefficient (Wildman–Crippen LogP) is 1.28. The van der Waals surface area contributed by atoms with Crippen LogP contribution < -0.4 is 10.6 Å². The van der Waals surface area contributed by atoms with Gasteiger partial charge in [0.25, 0.3) is 5.91 Å². The molecule has 2 N–H and O–H groups in total. The number of ether oxygens (including phenoxy) is 1. The fourth-order valence-corrected chi connectivity index (χ4v) is 1.75. The molecule has 1 amide bonds. The van der Waals surface area contributed by atoms with Gasteiger partial charge in [0, 0.05) is 12.2 Å². The average molecular weight is 268 g/mol. The predicted molar refractivity (Wildman–Crippen MR) is 71.6 cm³/mol. The lowest BCUT2D eigenvalue weighted by atomic mass is 10.2. The lowest BCUT2D eigenvalue weighted by Gasteiger charge is -2.26. The van der Waals surface area contributed by atoms with Crippen LogP contribution in [-0.4, -0.2) is 37.4 Å². The average Bonchev–Trinajstić information content (AvgIpc) is 2.40. The zero-order valence-corrected chi connectivity index (χ0v) is 10.6. The fraction of sp³-hybridized carbons (Fsp3) is 0.333. The summed E-state index contributed by atoms with van der Waals surface area (Å²) in [4.78, 5) is 17.5. The third kappa shape index (κ3) is 3.00. The van der Waals surface area contributed by atoms with E-state index in [0.29, 0.717) is 19.0 Å². The molecule has 18 heavy (non-hydrogen) atoms. The second-order valence-electron chi connectivity index (χ2n) is 3.85. The van der Waals surface area contributed by atoms with Gasteiger partial charge in [-0.3, -0.25) is 4.79 Å². The third-order valence-corrected chi connectivity index (χ3v) is 2.83. The number of aliphatic imine (C=N–C) groups is 1. The molecule has 1 aliphatic heterocycles. The van der Waals surface area contributed by atoms with E-state index in [0.717, 1.165) is 11.4 Å². The van der Waals surface area contributed by atoms with Gasteiger partial charge in [-0.2, -0.15) is 0 Å². The summed E-state index contributed by atoms with van der Waals surface area (Å²) in [6.45, 7) is 1.27. The normalized spacial score (nSPS) is 17.1. The molecule has 1 aromatic carbocycles. The van der Waals surface area contributed by atoms with Crippen LogP contribution >= 0.6 is 11.6 Å². The lowest BCUT2D eigenvalue weighted by Crippen LogP contribution is -2.41. The van der Waals surface area contributed by atoms with E-state index in [-0.39, 0.29) is 18.4 Å². The van der Waals surface area contributed by atoms with Crippen molar-refractivity contribution in [3.63, 3.8) is 0 Å². The minimum absolute atomic E-state index is 0.0298. The maximum atomic E-state index is 11.6. The first-order valence-corrected chi connectivity index (χ1v) is 6.11. The van der Waals surface area contributed by atoms with E-state index in [9.17, 15) is 4.79 Å². The summed E-state index contributed by atoms with van der Waals surface area (Å²) in [5.41, 5.74) is 7.10. The summed E-state index contributed by atoms with van der Waals surface area (Å²) in [6, 6.07) is 7.28. The van der Waals surface area contributed by atoms with Gasteiger partial charge in [0.1, 0.15) is 12.4 Å². The highest BCUT2D eigenvalue weighted by Crippen LogP contribution is 2.21. The van der Waals surface area contributed by atoms with Crippen LogP contribution in [-0.2, 0) is 9.53 Å². The number of morpholine rings is 1. The molecule has 0 radical (unpaired) electrons. The van der Waals surface area contributed by atoms with Crippen molar-refractivity contribution in [1.82, 2.24) is 0 Å². The number of nitrogens with two attached hydrogens (primary N) is 1. The molecule has 96 valence electrons. The van der Waals surface area contributed by atoms with Crippen LogP contribution in [0.5, 0.6) is 0 Å². The molecule has 0 aromatic heterocycles. The van der Waals surface area contributed by atoms with Crippen molar-refractivity contribution < 1.29 is 9.53 Å². The Bertz CT molecular complexity index is 459. The highest BCUT2D eigenvalue weighted by molar-refractivity contribution is 6.28. The smallest absolute Gasteiger partial charge is 0.253 e. The number of anilines is 1. The van der Waals surface area contributed by atoms with E-state index < -0.39 is 0 Å². The molecule has 1 aromatic rings. The number of hydrogen-bond donors (Lipinski definition) is 1. The molecule has 6 heteroatoms. The topological polar surface area (TPSA) is 67.9 Å². The number of carbonyl (C=O) groups excluding carboxylic acids is 1. The largest absolute Gasteiger partial charge is 0.386 e. The number of nitrogens with zero attached hydrogens (tertiary/aromatic N) is 2.